The second-order valence-corrected chi connectivity index (χ2v) is 7.35. The lowest BCUT2D eigenvalue weighted by Crippen LogP contribution is -2.42. The molecule has 2 rings (SSSR count). The van der Waals surface area contributed by atoms with E-state index in [4.69, 9.17) is 4.74 Å². The van der Waals surface area contributed by atoms with Gasteiger partial charge in [0, 0.05) is 5.69 Å². The van der Waals surface area contributed by atoms with E-state index in [1.54, 1.807) is 13.8 Å². The molecule has 0 bridgehead atoms. The molecule has 0 unspecified atom stereocenters. The van der Waals surface area contributed by atoms with Gasteiger partial charge in [0.05, 0.1) is 0 Å². The van der Waals surface area contributed by atoms with E-state index in [2.05, 4.69) is 26.1 Å². The molecule has 1 N–H and O–H groups in total. The third-order valence-electron chi connectivity index (χ3n) is 3.74. The van der Waals surface area contributed by atoms with Gasteiger partial charge in [-0.15, -0.1) is 0 Å². The Balaban J connectivity index is 2.06. The molecule has 0 radical (unpaired) electrons. The summed E-state index contributed by atoms with van der Waals surface area (Å²) in [5.74, 6) is -0.0151. The monoisotopic (exact) mass is 329 g/mol. The Morgan fingerprint density at radius 1 is 0.917 bits per heavy atom. The Hall–Kier alpha value is -2.36. The Morgan fingerprint density at radius 2 is 1.46 bits per heavy atom. The minimum absolute atomic E-state index is 0.0635. The molecule has 0 atom stereocenters. The maximum atomic E-state index is 12.9. The summed E-state index contributed by atoms with van der Waals surface area (Å²) >= 11 is 0. The molecule has 0 saturated carbocycles. The maximum absolute atomic E-state index is 12.9. The number of benzene rings is 2. The summed E-state index contributed by atoms with van der Waals surface area (Å²) in [4.78, 5) is 12.4. The van der Waals surface area contributed by atoms with Crippen molar-refractivity contribution in [3.05, 3.63) is 59.9 Å². The van der Waals surface area contributed by atoms with Crippen LogP contribution in [0.2, 0.25) is 0 Å². The molecule has 2 aromatic carbocycles. The molecule has 2 aromatic rings. The smallest absolute Gasteiger partial charge is 0.267 e. The van der Waals surface area contributed by atoms with Crippen LogP contribution in [0.1, 0.15) is 40.2 Å². The standard InChI is InChI=1S/C20H24FNO2/c1-19(2,3)14-6-12-17(13-7-14)24-20(4,5)18(23)22-16-10-8-15(21)9-11-16/h6-13H,1-5H3,(H,22,23). The molecular weight excluding hydrogens is 305 g/mol. The average Bonchev–Trinajstić information content (AvgIpc) is 2.48. The van der Waals surface area contributed by atoms with Gasteiger partial charge in [0.15, 0.2) is 5.60 Å². The predicted octanol–water partition coefficient (Wildman–Crippen LogP) is 4.92. The zero-order valence-electron chi connectivity index (χ0n) is 14.8. The summed E-state index contributed by atoms with van der Waals surface area (Å²) in [6.45, 7) is 9.82. The van der Waals surface area contributed by atoms with Crippen molar-refractivity contribution >= 4 is 11.6 Å². The van der Waals surface area contributed by atoms with E-state index in [1.807, 2.05) is 24.3 Å². The van der Waals surface area contributed by atoms with Crippen LogP contribution in [-0.2, 0) is 10.2 Å². The first-order valence-electron chi connectivity index (χ1n) is 7.94. The second kappa shape index (κ2) is 6.63. The lowest BCUT2D eigenvalue weighted by atomic mass is 9.87. The molecule has 3 nitrogen and oxygen atoms in total. The predicted molar refractivity (Wildman–Crippen MR) is 94.9 cm³/mol. The minimum atomic E-state index is -1.06. The molecule has 0 aromatic heterocycles. The molecule has 4 heteroatoms. The van der Waals surface area contributed by atoms with Crippen molar-refractivity contribution in [2.75, 3.05) is 5.32 Å². The third kappa shape index (κ3) is 4.57. The molecule has 0 saturated heterocycles. The van der Waals surface area contributed by atoms with Crippen molar-refractivity contribution in [1.29, 1.82) is 0 Å². The number of carbonyl (C=O) groups excluding carboxylic acids is 1. The lowest BCUT2D eigenvalue weighted by Gasteiger charge is -2.26. The molecule has 0 spiro atoms. The van der Waals surface area contributed by atoms with Gasteiger partial charge in [-0.2, -0.15) is 0 Å². The number of carbonyl (C=O) groups is 1. The van der Waals surface area contributed by atoms with E-state index in [9.17, 15) is 9.18 Å². The van der Waals surface area contributed by atoms with Gasteiger partial charge in [-0.1, -0.05) is 32.9 Å². The fraction of sp³-hybridized carbons (Fsp3) is 0.350. The van der Waals surface area contributed by atoms with Gasteiger partial charge in [0.2, 0.25) is 0 Å². The van der Waals surface area contributed by atoms with Gasteiger partial charge >= 0.3 is 0 Å². The van der Waals surface area contributed by atoms with E-state index in [1.165, 1.54) is 29.8 Å². The van der Waals surface area contributed by atoms with E-state index >= 15 is 0 Å². The number of rotatable bonds is 4. The van der Waals surface area contributed by atoms with Crippen molar-refractivity contribution in [2.45, 2.75) is 45.6 Å². The highest BCUT2D eigenvalue weighted by Gasteiger charge is 2.30. The Morgan fingerprint density at radius 3 is 1.96 bits per heavy atom. The van der Waals surface area contributed by atoms with Crippen molar-refractivity contribution in [2.24, 2.45) is 0 Å². The van der Waals surface area contributed by atoms with Crippen LogP contribution < -0.4 is 10.1 Å². The van der Waals surface area contributed by atoms with Crippen molar-refractivity contribution in [3.8, 4) is 5.75 Å². The average molecular weight is 329 g/mol. The van der Waals surface area contributed by atoms with Gasteiger partial charge in [-0.3, -0.25) is 4.79 Å². The van der Waals surface area contributed by atoms with Crippen molar-refractivity contribution < 1.29 is 13.9 Å². The largest absolute Gasteiger partial charge is 0.478 e. The Labute approximate surface area is 142 Å². The molecule has 0 aliphatic carbocycles. The fourth-order valence-electron chi connectivity index (χ4n) is 2.18. The van der Waals surface area contributed by atoms with Crippen molar-refractivity contribution in [1.82, 2.24) is 0 Å². The SMILES string of the molecule is CC(C)(Oc1ccc(C(C)(C)C)cc1)C(=O)Nc1ccc(F)cc1. The first-order valence-corrected chi connectivity index (χ1v) is 7.94. The van der Waals surface area contributed by atoms with Crippen LogP contribution in [0.15, 0.2) is 48.5 Å². The van der Waals surface area contributed by atoms with Gasteiger partial charge in [0.1, 0.15) is 11.6 Å². The van der Waals surface area contributed by atoms with Gasteiger partial charge in [-0.05, 0) is 61.2 Å². The number of nitrogens with one attached hydrogen (secondary N) is 1. The van der Waals surface area contributed by atoms with E-state index in [-0.39, 0.29) is 17.1 Å². The molecule has 0 heterocycles. The summed E-state index contributed by atoms with van der Waals surface area (Å²) in [7, 11) is 0. The normalized spacial score (nSPS) is 11.9. The van der Waals surface area contributed by atoms with Crippen LogP contribution in [0, 0.1) is 5.82 Å². The molecule has 24 heavy (non-hydrogen) atoms. The van der Waals surface area contributed by atoms with Gasteiger partial charge in [0.25, 0.3) is 5.91 Å². The summed E-state index contributed by atoms with van der Waals surface area (Å²) in [6.07, 6.45) is 0. The van der Waals surface area contributed by atoms with Crippen LogP contribution in [-0.4, -0.2) is 11.5 Å². The maximum Gasteiger partial charge on any atom is 0.267 e. The van der Waals surface area contributed by atoms with Crippen LogP contribution in [0.25, 0.3) is 0 Å². The fourth-order valence-corrected chi connectivity index (χ4v) is 2.18. The molecule has 1 amide bonds. The number of hydrogen-bond acceptors (Lipinski definition) is 2. The number of ether oxygens (including phenoxy) is 1. The van der Waals surface area contributed by atoms with Crippen LogP contribution in [0.4, 0.5) is 10.1 Å². The zero-order valence-corrected chi connectivity index (χ0v) is 14.8. The summed E-state index contributed by atoms with van der Waals surface area (Å²) in [5.41, 5.74) is 0.732. The van der Waals surface area contributed by atoms with E-state index in [0.29, 0.717) is 11.4 Å². The summed E-state index contributed by atoms with van der Waals surface area (Å²) < 4.78 is 18.8. The molecule has 0 aliphatic rings. The first-order chi connectivity index (χ1) is 11.1. The number of hydrogen-bond donors (Lipinski definition) is 1. The number of anilines is 1. The molecular formula is C20H24FNO2. The Kier molecular flexibility index (Phi) is 4.97. The van der Waals surface area contributed by atoms with Gasteiger partial charge in [-0.25, -0.2) is 4.39 Å². The third-order valence-corrected chi connectivity index (χ3v) is 3.74. The summed E-state index contributed by atoms with van der Waals surface area (Å²) in [6, 6.07) is 13.4. The molecule has 128 valence electrons. The Bertz CT molecular complexity index is 698. The van der Waals surface area contributed by atoms with E-state index < -0.39 is 5.60 Å². The minimum Gasteiger partial charge on any atom is -0.478 e. The van der Waals surface area contributed by atoms with Gasteiger partial charge < -0.3 is 10.1 Å². The first kappa shape index (κ1) is 18.0. The number of amides is 1. The lowest BCUT2D eigenvalue weighted by molar-refractivity contribution is -0.128. The van der Waals surface area contributed by atoms with Crippen LogP contribution in [0.3, 0.4) is 0 Å². The highest BCUT2D eigenvalue weighted by Crippen LogP contribution is 2.26. The number of halogens is 1. The van der Waals surface area contributed by atoms with Crippen molar-refractivity contribution in [3.63, 3.8) is 0 Å². The van der Waals surface area contributed by atoms with Crippen LogP contribution in [0.5, 0.6) is 5.75 Å². The highest BCUT2D eigenvalue weighted by molar-refractivity contribution is 5.96. The summed E-state index contributed by atoms with van der Waals surface area (Å²) in [5, 5.41) is 2.73. The second-order valence-electron chi connectivity index (χ2n) is 7.35. The van der Waals surface area contributed by atoms with E-state index in [0.717, 1.165) is 0 Å². The van der Waals surface area contributed by atoms with Crippen LogP contribution >= 0.6 is 0 Å². The highest BCUT2D eigenvalue weighted by atomic mass is 19.1. The molecule has 0 fully saturated rings. The molecule has 0 aliphatic heterocycles. The zero-order chi connectivity index (χ0) is 18.0. The quantitative estimate of drug-likeness (QED) is 0.864. The topological polar surface area (TPSA) is 38.3 Å².